The van der Waals surface area contributed by atoms with Crippen molar-refractivity contribution in [3.05, 3.63) is 83.9 Å². The molecule has 10 heteroatoms. The largest absolute Gasteiger partial charge is 0.465 e. The molecule has 9 nitrogen and oxygen atoms in total. The third-order valence-corrected chi connectivity index (χ3v) is 8.40. The van der Waals surface area contributed by atoms with Crippen molar-refractivity contribution in [1.82, 2.24) is 18.8 Å². The van der Waals surface area contributed by atoms with Gasteiger partial charge >= 0.3 is 5.97 Å². The average Bonchev–Trinajstić information content (AvgIpc) is 3.22. The number of carbonyl (C=O) groups excluding carboxylic acids is 1. The van der Waals surface area contributed by atoms with Gasteiger partial charge in [0, 0.05) is 25.0 Å². The van der Waals surface area contributed by atoms with E-state index in [1.807, 2.05) is 26.8 Å². The molecule has 4 aromatic rings. The first-order valence-corrected chi connectivity index (χ1v) is 14.4. The Morgan fingerprint density at radius 3 is 2.36 bits per heavy atom. The van der Waals surface area contributed by atoms with Crippen molar-refractivity contribution in [3.63, 3.8) is 0 Å². The van der Waals surface area contributed by atoms with Crippen LogP contribution in [-0.4, -0.2) is 45.9 Å². The second-order valence-corrected chi connectivity index (χ2v) is 11.8. The van der Waals surface area contributed by atoms with E-state index < -0.39 is 22.0 Å². The highest BCUT2D eigenvalue weighted by Gasteiger charge is 2.37. The van der Waals surface area contributed by atoms with Crippen molar-refractivity contribution < 1.29 is 17.9 Å². The molecule has 206 valence electrons. The average molecular weight is 550 g/mol. The van der Waals surface area contributed by atoms with Gasteiger partial charge in [0.05, 0.1) is 23.2 Å². The number of carbonyl (C=O) groups is 1. The molecule has 0 aliphatic heterocycles. The Hall–Kier alpha value is -3.76. The first kappa shape index (κ1) is 28.3. The van der Waals surface area contributed by atoms with Gasteiger partial charge in [0.1, 0.15) is 17.4 Å². The summed E-state index contributed by atoms with van der Waals surface area (Å²) in [5, 5.41) is 0. The van der Waals surface area contributed by atoms with Crippen LogP contribution in [0.2, 0.25) is 0 Å². The number of nitrogens with two attached hydrogens (primary N) is 1. The predicted octanol–water partition coefficient (Wildman–Crippen LogP) is 4.54. The maximum atomic E-state index is 14.1. The number of anilines is 1. The Labute approximate surface area is 229 Å². The molecule has 0 aliphatic carbocycles. The Kier molecular flexibility index (Phi) is 8.66. The van der Waals surface area contributed by atoms with Crippen molar-refractivity contribution in [2.24, 2.45) is 5.92 Å². The van der Waals surface area contributed by atoms with E-state index in [9.17, 15) is 13.2 Å². The number of sulfonamides is 1. The molecule has 1 atom stereocenters. The summed E-state index contributed by atoms with van der Waals surface area (Å²) in [6.45, 7) is 8.24. The number of esters is 1. The molecule has 0 spiro atoms. The molecule has 2 N–H and O–H groups in total. The molecule has 39 heavy (non-hydrogen) atoms. The number of ether oxygens (including phenoxy) is 1. The lowest BCUT2D eigenvalue weighted by atomic mass is 10.0. The maximum Gasteiger partial charge on any atom is 0.324 e. The van der Waals surface area contributed by atoms with Crippen LogP contribution in [0.25, 0.3) is 11.0 Å². The van der Waals surface area contributed by atoms with Crippen LogP contribution in [0.4, 0.5) is 5.69 Å². The highest BCUT2D eigenvalue weighted by atomic mass is 32.2. The van der Waals surface area contributed by atoms with Crippen LogP contribution >= 0.6 is 0 Å². The SMILES string of the molecule is CCOC(=O)[C@H](CC(C)C)N(Cc1ccc(N)cc1)S(=O)(=O)c1ccc(Cn2c(C)nc3cnccc32)cc1. The molecule has 0 unspecified atom stereocenters. The lowest BCUT2D eigenvalue weighted by Crippen LogP contribution is -2.46. The van der Waals surface area contributed by atoms with Gasteiger partial charge in [0.2, 0.25) is 10.0 Å². The van der Waals surface area contributed by atoms with Gasteiger partial charge < -0.3 is 15.0 Å². The van der Waals surface area contributed by atoms with E-state index in [1.165, 1.54) is 4.31 Å². The molecule has 0 aliphatic rings. The molecular formula is C29H35N5O4S. The first-order chi connectivity index (χ1) is 18.6. The number of fused-ring (bicyclic) bond motifs is 1. The number of nitrogen functional groups attached to an aromatic ring is 1. The Morgan fingerprint density at radius 2 is 1.72 bits per heavy atom. The van der Waals surface area contributed by atoms with E-state index in [-0.39, 0.29) is 24.0 Å². The summed E-state index contributed by atoms with van der Waals surface area (Å²) in [6, 6.07) is 14.7. The number of imidazole rings is 1. The number of nitrogens with zero attached hydrogens (tertiary/aromatic N) is 4. The Morgan fingerprint density at radius 1 is 1.05 bits per heavy atom. The molecular weight excluding hydrogens is 514 g/mol. The van der Waals surface area contributed by atoms with Gasteiger partial charge in [-0.25, -0.2) is 13.4 Å². The van der Waals surface area contributed by atoms with Gasteiger partial charge in [-0.1, -0.05) is 38.1 Å². The van der Waals surface area contributed by atoms with Crippen LogP contribution in [0.1, 0.15) is 44.1 Å². The summed E-state index contributed by atoms with van der Waals surface area (Å²) in [6.07, 6.45) is 3.77. The second-order valence-electron chi connectivity index (χ2n) is 9.94. The quantitative estimate of drug-likeness (QED) is 0.215. The molecule has 4 rings (SSSR count). The summed E-state index contributed by atoms with van der Waals surface area (Å²) in [4.78, 5) is 21.8. The Balaban J connectivity index is 1.68. The number of hydrogen-bond acceptors (Lipinski definition) is 7. The molecule has 2 aromatic carbocycles. The standard InChI is InChI=1S/C29H35N5O4S/c1-5-38-29(35)28(16-20(2)3)34(19-23-6-10-24(30)11-7-23)39(36,37)25-12-8-22(9-13-25)18-33-21(4)32-26-17-31-15-14-27(26)33/h6-15,17,20,28H,5,16,18-19,30H2,1-4H3/t28-/m0/s1. The van der Waals surface area contributed by atoms with E-state index in [0.29, 0.717) is 18.7 Å². The summed E-state index contributed by atoms with van der Waals surface area (Å²) < 4.78 is 36.8. The van der Waals surface area contributed by atoms with Crippen LogP contribution in [0.5, 0.6) is 0 Å². The minimum absolute atomic E-state index is 0.00875. The van der Waals surface area contributed by atoms with Crippen LogP contribution < -0.4 is 5.73 Å². The van der Waals surface area contributed by atoms with Crippen molar-refractivity contribution in [2.45, 2.75) is 58.1 Å². The summed E-state index contributed by atoms with van der Waals surface area (Å²) >= 11 is 0. The predicted molar refractivity (Wildman–Crippen MR) is 151 cm³/mol. The summed E-state index contributed by atoms with van der Waals surface area (Å²) in [5.41, 5.74) is 9.82. The molecule has 0 saturated heterocycles. The topological polar surface area (TPSA) is 120 Å². The highest BCUT2D eigenvalue weighted by Crippen LogP contribution is 2.27. The van der Waals surface area contributed by atoms with E-state index in [0.717, 1.165) is 28.0 Å². The monoisotopic (exact) mass is 549 g/mol. The summed E-state index contributed by atoms with van der Waals surface area (Å²) in [5.74, 6) is 0.350. The zero-order chi connectivity index (χ0) is 28.2. The second kappa shape index (κ2) is 12.0. The molecule has 2 aromatic heterocycles. The zero-order valence-corrected chi connectivity index (χ0v) is 23.6. The third-order valence-electron chi connectivity index (χ3n) is 6.53. The van der Waals surface area contributed by atoms with Gasteiger partial charge in [-0.05, 0) is 67.6 Å². The molecule has 0 amide bonds. The van der Waals surface area contributed by atoms with E-state index >= 15 is 0 Å². The van der Waals surface area contributed by atoms with Crippen molar-refractivity contribution in [3.8, 4) is 0 Å². The van der Waals surface area contributed by atoms with Crippen molar-refractivity contribution in [2.75, 3.05) is 12.3 Å². The van der Waals surface area contributed by atoms with Gasteiger partial charge in [-0.2, -0.15) is 4.31 Å². The fraction of sp³-hybridized carbons (Fsp3) is 0.345. The molecule has 0 radical (unpaired) electrons. The van der Waals surface area contributed by atoms with Crippen molar-refractivity contribution >= 4 is 32.7 Å². The number of aromatic nitrogens is 3. The minimum atomic E-state index is -4.07. The Bertz CT molecular complexity index is 1530. The van der Waals surface area contributed by atoms with Gasteiger partial charge in [0.25, 0.3) is 0 Å². The third kappa shape index (κ3) is 6.46. The van der Waals surface area contributed by atoms with Crippen LogP contribution in [0, 0.1) is 12.8 Å². The molecule has 2 heterocycles. The number of rotatable bonds is 11. The first-order valence-electron chi connectivity index (χ1n) is 13.0. The lowest BCUT2D eigenvalue weighted by molar-refractivity contribution is -0.148. The molecule has 0 bridgehead atoms. The van der Waals surface area contributed by atoms with E-state index in [4.69, 9.17) is 10.5 Å². The number of aryl methyl sites for hydroxylation is 1. The molecule has 0 saturated carbocycles. The van der Waals surface area contributed by atoms with Crippen LogP contribution in [-0.2, 0) is 32.6 Å². The van der Waals surface area contributed by atoms with Gasteiger partial charge in [-0.15, -0.1) is 0 Å². The van der Waals surface area contributed by atoms with E-state index in [1.54, 1.807) is 67.8 Å². The number of pyridine rings is 1. The fourth-order valence-electron chi connectivity index (χ4n) is 4.57. The summed E-state index contributed by atoms with van der Waals surface area (Å²) in [7, 11) is -4.07. The van der Waals surface area contributed by atoms with Gasteiger partial charge in [-0.3, -0.25) is 9.78 Å². The number of benzene rings is 2. The van der Waals surface area contributed by atoms with E-state index in [2.05, 4.69) is 14.5 Å². The fourth-order valence-corrected chi connectivity index (χ4v) is 6.15. The highest BCUT2D eigenvalue weighted by molar-refractivity contribution is 7.89. The van der Waals surface area contributed by atoms with Crippen molar-refractivity contribution in [1.29, 1.82) is 0 Å². The van der Waals surface area contributed by atoms with Crippen LogP contribution in [0.3, 0.4) is 0 Å². The minimum Gasteiger partial charge on any atom is -0.465 e. The zero-order valence-electron chi connectivity index (χ0n) is 22.7. The van der Waals surface area contributed by atoms with Crippen LogP contribution in [0.15, 0.2) is 71.9 Å². The smallest absolute Gasteiger partial charge is 0.324 e. The van der Waals surface area contributed by atoms with Gasteiger partial charge in [0.15, 0.2) is 0 Å². The number of hydrogen-bond donors (Lipinski definition) is 1. The normalized spacial score (nSPS) is 12.8. The lowest BCUT2D eigenvalue weighted by Gasteiger charge is -2.30. The molecule has 0 fully saturated rings. The maximum absolute atomic E-state index is 14.1.